The van der Waals surface area contributed by atoms with E-state index in [0.717, 1.165) is 74.1 Å². The van der Waals surface area contributed by atoms with Crippen molar-refractivity contribution in [3.05, 3.63) is 130 Å². The molecule has 3 amide bonds. The number of nitrogens with one attached hydrogen (secondary N) is 1. The first kappa shape index (κ1) is 46.5. The Morgan fingerprint density at radius 3 is 2.28 bits per heavy atom. The zero-order chi connectivity index (χ0) is 45.1. The molecule has 2 fully saturated rings. The van der Waals surface area contributed by atoms with Crippen LogP contribution in [0.5, 0.6) is 5.75 Å². The molecule has 4 aromatic carbocycles. The minimum Gasteiger partial charge on any atom is -0.496 e. The monoisotopic (exact) mass is 910 g/mol. The molecular weight excluding hydrogens is 853 g/mol. The number of likely N-dealkylation sites (tertiary alicyclic amines) is 1. The first-order chi connectivity index (χ1) is 31.0. The van der Waals surface area contributed by atoms with Gasteiger partial charge >= 0.3 is 12.0 Å². The number of hydrogen-bond donors (Lipinski definition) is 1. The number of nitrogens with zero attached hydrogens (tertiary/aromatic N) is 8. The lowest BCUT2D eigenvalue weighted by Gasteiger charge is -2.47. The summed E-state index contributed by atoms with van der Waals surface area (Å²) in [5, 5.41) is 15.9. The molecule has 16 heteroatoms. The van der Waals surface area contributed by atoms with Crippen molar-refractivity contribution in [2.75, 3.05) is 79.7 Å². The number of tetrazole rings is 1. The number of benzene rings is 4. The summed E-state index contributed by atoms with van der Waals surface area (Å²) >= 11 is 12.9. The molecule has 7 rings (SSSR count). The largest absolute Gasteiger partial charge is 0.496 e. The van der Waals surface area contributed by atoms with Gasteiger partial charge < -0.3 is 29.5 Å². The van der Waals surface area contributed by atoms with E-state index in [4.69, 9.17) is 32.7 Å². The van der Waals surface area contributed by atoms with E-state index in [9.17, 15) is 14.4 Å². The first-order valence-corrected chi connectivity index (χ1v) is 22.8. The Hall–Kier alpha value is -5.54. The Kier molecular flexibility index (Phi) is 15.6. The van der Waals surface area contributed by atoms with E-state index >= 15 is 0 Å². The molecule has 0 aliphatic carbocycles. The van der Waals surface area contributed by atoms with Gasteiger partial charge in [-0.2, -0.15) is 0 Å². The van der Waals surface area contributed by atoms with E-state index in [1.807, 2.05) is 48.2 Å². The molecule has 2 aliphatic heterocycles. The number of amides is 3. The van der Waals surface area contributed by atoms with Crippen molar-refractivity contribution in [1.82, 2.24) is 44.7 Å². The number of piperazine rings is 1. The van der Waals surface area contributed by atoms with Gasteiger partial charge in [0, 0.05) is 39.0 Å². The third-order valence-corrected chi connectivity index (χ3v) is 13.7. The highest BCUT2D eigenvalue weighted by atomic mass is 35.5. The van der Waals surface area contributed by atoms with E-state index in [0.29, 0.717) is 66.1 Å². The number of aromatic nitrogens is 4. The van der Waals surface area contributed by atoms with Crippen molar-refractivity contribution in [2.45, 2.75) is 50.5 Å². The summed E-state index contributed by atoms with van der Waals surface area (Å²) in [7, 11) is 3.34. The van der Waals surface area contributed by atoms with Gasteiger partial charge in [0.25, 0.3) is 5.91 Å². The summed E-state index contributed by atoms with van der Waals surface area (Å²) in [6, 6.07) is 31.7. The maximum Gasteiger partial charge on any atom is 0.318 e. The predicted molar refractivity (Wildman–Crippen MR) is 249 cm³/mol. The molecule has 5 aromatic rings. The van der Waals surface area contributed by atoms with E-state index in [-0.39, 0.29) is 23.8 Å². The van der Waals surface area contributed by atoms with Gasteiger partial charge in [-0.3, -0.25) is 14.1 Å². The smallest absolute Gasteiger partial charge is 0.318 e. The molecule has 1 aromatic heterocycles. The van der Waals surface area contributed by atoms with E-state index in [1.54, 1.807) is 43.3 Å². The number of halogens is 2. The van der Waals surface area contributed by atoms with Crippen LogP contribution in [0.15, 0.2) is 103 Å². The fourth-order valence-corrected chi connectivity index (χ4v) is 9.53. The highest BCUT2D eigenvalue weighted by Crippen LogP contribution is 2.36. The normalized spacial score (nSPS) is 16.4. The number of rotatable bonds is 17. The minimum atomic E-state index is -0.539. The summed E-state index contributed by atoms with van der Waals surface area (Å²) in [5.74, 6) is 0.0105. The number of likely N-dealkylation sites (N-methyl/N-ethyl adjacent to an activating group) is 1. The molecule has 2 aliphatic rings. The SMILES string of the molecule is CCOC(=O)CCC[N+]1(c2ccccc2)CCN(C(=O)NC2(c3ccccc3)CCN(CCC(CN(C)C(=O)c3cc(-n4cnnn4)ccc3OC)c3ccc(Cl)c(Cl)c3)CC2)CC1. The lowest BCUT2D eigenvalue weighted by molar-refractivity contribution is -0.143. The second kappa shape index (κ2) is 21.4. The van der Waals surface area contributed by atoms with Crippen LogP contribution in [0.25, 0.3) is 5.69 Å². The van der Waals surface area contributed by atoms with Crippen LogP contribution in [-0.2, 0) is 15.1 Å². The van der Waals surface area contributed by atoms with E-state index in [2.05, 4.69) is 62.1 Å². The van der Waals surface area contributed by atoms with Crippen LogP contribution < -0.4 is 14.5 Å². The van der Waals surface area contributed by atoms with Gasteiger partial charge in [-0.15, -0.1) is 5.10 Å². The zero-order valence-corrected chi connectivity index (χ0v) is 38.4. The number of quaternary nitrogens is 1. The van der Waals surface area contributed by atoms with Crippen LogP contribution in [0.4, 0.5) is 10.5 Å². The van der Waals surface area contributed by atoms with Crippen molar-refractivity contribution >= 4 is 46.8 Å². The summed E-state index contributed by atoms with van der Waals surface area (Å²) < 4.78 is 13.0. The summed E-state index contributed by atoms with van der Waals surface area (Å²) in [6.07, 6.45) is 4.79. The number of esters is 1. The van der Waals surface area contributed by atoms with Crippen LogP contribution in [0.3, 0.4) is 0 Å². The van der Waals surface area contributed by atoms with Crippen molar-refractivity contribution in [3.63, 3.8) is 0 Å². The molecular formula is C48H58Cl2N9O5+. The summed E-state index contributed by atoms with van der Waals surface area (Å²) in [6.45, 7) is 8.45. The van der Waals surface area contributed by atoms with Gasteiger partial charge in [0.1, 0.15) is 30.9 Å². The van der Waals surface area contributed by atoms with Crippen LogP contribution in [0.2, 0.25) is 10.0 Å². The van der Waals surface area contributed by atoms with Crippen molar-refractivity contribution in [3.8, 4) is 11.4 Å². The van der Waals surface area contributed by atoms with E-state index < -0.39 is 5.54 Å². The molecule has 14 nitrogen and oxygen atoms in total. The molecule has 64 heavy (non-hydrogen) atoms. The minimum absolute atomic E-state index is 0.0535. The number of piperidine rings is 1. The molecule has 338 valence electrons. The standard InChI is InChI=1S/C48H57Cl2N9O5/c1-4-64-45(60)16-11-29-59(40-14-9-6-10-15-40)30-27-57(28-31-59)47(62)52-48(38-12-7-5-8-13-38)22-25-56(26-23-48)24-21-37(36-17-19-42(49)43(50)32-36)34-55(2)46(61)41-33-39(18-20-44(41)63-3)58-35-51-53-54-58/h5-10,12-15,17-20,32-33,35,37H,4,11,16,21-31,34H2,1-3H3/p+1. The van der Waals surface area contributed by atoms with Crippen LogP contribution in [-0.4, -0.2) is 132 Å². The predicted octanol–water partition coefficient (Wildman–Crippen LogP) is 7.59. The number of urea groups is 1. The average Bonchev–Trinajstić information content (AvgIpc) is 3.88. The quantitative estimate of drug-likeness (QED) is 0.0740. The molecule has 1 N–H and O–H groups in total. The molecule has 2 saturated heterocycles. The molecule has 0 spiro atoms. The number of carbonyl (C=O) groups excluding carboxylic acids is 3. The van der Waals surface area contributed by atoms with E-state index in [1.165, 1.54) is 16.7 Å². The maximum absolute atomic E-state index is 14.3. The molecule has 0 bridgehead atoms. The third kappa shape index (κ3) is 11.0. The molecule has 1 unspecified atom stereocenters. The van der Waals surface area contributed by atoms with Crippen LogP contribution in [0, 0.1) is 0 Å². The maximum atomic E-state index is 14.3. The second-order valence-electron chi connectivity index (χ2n) is 16.8. The first-order valence-electron chi connectivity index (χ1n) is 22.1. The van der Waals surface area contributed by atoms with Gasteiger partial charge in [0.05, 0.1) is 66.6 Å². The van der Waals surface area contributed by atoms with Crippen molar-refractivity contribution in [2.24, 2.45) is 0 Å². The van der Waals surface area contributed by atoms with Crippen LogP contribution >= 0.6 is 23.2 Å². The fraction of sp³-hybridized carbons (Fsp3) is 0.417. The molecule has 1 atom stereocenters. The van der Waals surface area contributed by atoms with Crippen molar-refractivity contribution in [1.29, 1.82) is 0 Å². The Labute approximate surface area is 385 Å². The van der Waals surface area contributed by atoms with Gasteiger partial charge in [-0.25, -0.2) is 9.48 Å². The zero-order valence-electron chi connectivity index (χ0n) is 36.9. The van der Waals surface area contributed by atoms with Gasteiger partial charge in [0.2, 0.25) is 0 Å². The summed E-state index contributed by atoms with van der Waals surface area (Å²) in [4.78, 5) is 46.7. The topological polar surface area (TPSA) is 135 Å². The number of hydrogen-bond acceptors (Lipinski definition) is 9. The Morgan fingerprint density at radius 2 is 1.62 bits per heavy atom. The van der Waals surface area contributed by atoms with Gasteiger partial charge in [-0.1, -0.05) is 77.8 Å². The van der Waals surface area contributed by atoms with Crippen molar-refractivity contribution < 1.29 is 23.9 Å². The Balaban J connectivity index is 1.02. The Bertz CT molecular complexity index is 2320. The van der Waals surface area contributed by atoms with Gasteiger partial charge in [0.15, 0.2) is 0 Å². The van der Waals surface area contributed by atoms with Crippen LogP contribution in [0.1, 0.15) is 66.4 Å². The molecule has 0 radical (unpaired) electrons. The number of carbonyl (C=O) groups is 3. The number of para-hydroxylation sites is 1. The fourth-order valence-electron chi connectivity index (χ4n) is 9.22. The van der Waals surface area contributed by atoms with Gasteiger partial charge in [-0.05, 0) is 96.7 Å². The lowest BCUT2D eigenvalue weighted by atomic mass is 9.80. The second-order valence-corrected chi connectivity index (χ2v) is 17.6. The highest BCUT2D eigenvalue weighted by Gasteiger charge is 2.41. The lowest BCUT2D eigenvalue weighted by Crippen LogP contribution is -2.64. The third-order valence-electron chi connectivity index (χ3n) is 12.9. The molecule has 0 saturated carbocycles. The number of methoxy groups -OCH3 is 1. The Morgan fingerprint density at radius 1 is 0.906 bits per heavy atom. The number of ether oxygens (including phenoxy) is 2. The average molecular weight is 912 g/mol. The summed E-state index contributed by atoms with van der Waals surface area (Å²) in [5.41, 5.74) is 3.78. The highest BCUT2D eigenvalue weighted by molar-refractivity contribution is 6.42. The molecule has 3 heterocycles.